The first-order valence-electron chi connectivity index (χ1n) is 6.93. The van der Waals surface area contributed by atoms with Crippen LogP contribution in [-0.2, 0) is 4.79 Å². The lowest BCUT2D eigenvalue weighted by molar-refractivity contribution is -0.115. The predicted octanol–water partition coefficient (Wildman–Crippen LogP) is 4.08. The molecule has 0 spiro atoms. The Morgan fingerprint density at radius 1 is 1.23 bits per heavy atom. The van der Waals surface area contributed by atoms with Crippen LogP contribution < -0.4 is 5.32 Å². The molecule has 0 unspecified atom stereocenters. The van der Waals surface area contributed by atoms with Gasteiger partial charge in [-0.15, -0.1) is 11.8 Å². The molecule has 0 aliphatic heterocycles. The van der Waals surface area contributed by atoms with Gasteiger partial charge in [0.2, 0.25) is 5.91 Å². The van der Waals surface area contributed by atoms with E-state index in [9.17, 15) is 9.59 Å². The Kier molecular flexibility index (Phi) is 5.74. The second-order valence-electron chi connectivity index (χ2n) is 4.95. The number of hydrogen-bond donors (Lipinski definition) is 1. The van der Waals surface area contributed by atoms with Gasteiger partial charge in [0.15, 0.2) is 10.9 Å². The molecule has 1 aromatic carbocycles. The topological polar surface area (TPSA) is 59.1 Å². The summed E-state index contributed by atoms with van der Waals surface area (Å²) in [6.07, 6.45) is 0.409. The molecular weight excluding hydrogens is 316 g/mol. The number of aryl methyl sites for hydroxylation is 2. The Morgan fingerprint density at radius 3 is 2.50 bits per heavy atom. The molecule has 116 valence electrons. The van der Waals surface area contributed by atoms with Crippen LogP contribution in [0, 0.1) is 13.8 Å². The van der Waals surface area contributed by atoms with Crippen LogP contribution in [0.5, 0.6) is 0 Å². The second kappa shape index (κ2) is 7.56. The lowest BCUT2D eigenvalue weighted by Crippen LogP contribution is -2.11. The van der Waals surface area contributed by atoms with E-state index in [2.05, 4.69) is 34.6 Å². The van der Waals surface area contributed by atoms with Gasteiger partial charge in [-0.3, -0.25) is 9.59 Å². The lowest BCUT2D eigenvalue weighted by atomic mass is 10.2. The average molecular weight is 334 g/mol. The van der Waals surface area contributed by atoms with Crippen LogP contribution in [0.25, 0.3) is 0 Å². The van der Waals surface area contributed by atoms with E-state index in [0.717, 1.165) is 4.90 Å². The van der Waals surface area contributed by atoms with Crippen LogP contribution >= 0.6 is 23.1 Å². The molecule has 1 aromatic heterocycles. The van der Waals surface area contributed by atoms with Gasteiger partial charge in [0.25, 0.3) is 0 Å². The number of nitrogens with zero attached hydrogens (tertiary/aromatic N) is 1. The summed E-state index contributed by atoms with van der Waals surface area (Å²) in [6.45, 7) is 5.33. The van der Waals surface area contributed by atoms with Crippen LogP contribution in [-0.4, -0.2) is 22.4 Å². The predicted molar refractivity (Wildman–Crippen MR) is 92.0 cm³/mol. The minimum Gasteiger partial charge on any atom is -0.302 e. The van der Waals surface area contributed by atoms with Crippen molar-refractivity contribution in [1.29, 1.82) is 0 Å². The smallest absolute Gasteiger partial charge is 0.226 e. The van der Waals surface area contributed by atoms with Gasteiger partial charge in [-0.25, -0.2) is 4.98 Å². The van der Waals surface area contributed by atoms with Gasteiger partial charge in [-0.2, -0.15) is 0 Å². The van der Waals surface area contributed by atoms with Crippen molar-refractivity contribution in [3.05, 3.63) is 40.4 Å². The van der Waals surface area contributed by atoms with Gasteiger partial charge < -0.3 is 5.32 Å². The van der Waals surface area contributed by atoms with Crippen molar-refractivity contribution < 1.29 is 9.59 Å². The number of Topliss-reactive ketones (excluding diaryl/α,β-unsaturated/α-hetero) is 1. The van der Waals surface area contributed by atoms with Crippen LogP contribution in [0.1, 0.15) is 34.3 Å². The quantitative estimate of drug-likeness (QED) is 0.639. The van der Waals surface area contributed by atoms with Crippen molar-refractivity contribution in [3.8, 4) is 0 Å². The highest BCUT2D eigenvalue weighted by molar-refractivity contribution is 7.99. The summed E-state index contributed by atoms with van der Waals surface area (Å²) in [5.41, 5.74) is 1.89. The first-order chi connectivity index (χ1) is 10.5. The van der Waals surface area contributed by atoms with Gasteiger partial charge in [0.1, 0.15) is 0 Å². The summed E-state index contributed by atoms with van der Waals surface area (Å²) in [5.74, 6) is 0.604. The highest BCUT2D eigenvalue weighted by Crippen LogP contribution is 2.23. The van der Waals surface area contributed by atoms with E-state index in [1.54, 1.807) is 18.7 Å². The third kappa shape index (κ3) is 4.68. The molecule has 22 heavy (non-hydrogen) atoms. The van der Waals surface area contributed by atoms with Crippen molar-refractivity contribution in [2.45, 2.75) is 32.1 Å². The maximum atomic E-state index is 11.9. The molecule has 0 atom stereocenters. The van der Waals surface area contributed by atoms with Crippen molar-refractivity contribution in [2.75, 3.05) is 11.1 Å². The molecule has 0 saturated carbocycles. The van der Waals surface area contributed by atoms with Crippen LogP contribution in [0.3, 0.4) is 0 Å². The lowest BCUT2D eigenvalue weighted by Gasteiger charge is -2.03. The monoisotopic (exact) mass is 334 g/mol. The summed E-state index contributed by atoms with van der Waals surface area (Å²) >= 11 is 2.88. The Balaban J connectivity index is 1.81. The van der Waals surface area contributed by atoms with Crippen molar-refractivity contribution in [3.63, 3.8) is 0 Å². The third-order valence-electron chi connectivity index (χ3n) is 2.98. The van der Waals surface area contributed by atoms with E-state index >= 15 is 0 Å². The number of rotatable bonds is 6. The van der Waals surface area contributed by atoms with E-state index in [4.69, 9.17) is 0 Å². The number of ketones is 1. The zero-order valence-electron chi connectivity index (χ0n) is 12.8. The fourth-order valence-corrected chi connectivity index (χ4v) is 3.58. The number of carbonyl (C=O) groups excluding carboxylic acids is 2. The highest BCUT2D eigenvalue weighted by atomic mass is 32.2. The maximum absolute atomic E-state index is 11.9. The molecule has 0 aliphatic carbocycles. The van der Waals surface area contributed by atoms with E-state index in [0.29, 0.717) is 27.9 Å². The fourth-order valence-electron chi connectivity index (χ4n) is 1.85. The van der Waals surface area contributed by atoms with Crippen LogP contribution in [0.2, 0.25) is 0 Å². The summed E-state index contributed by atoms with van der Waals surface area (Å²) in [6, 6.07) is 8.23. The zero-order chi connectivity index (χ0) is 16.1. The molecule has 0 aliphatic rings. The highest BCUT2D eigenvalue weighted by Gasteiger charge is 2.13. The van der Waals surface area contributed by atoms with E-state index in [-0.39, 0.29) is 11.7 Å². The average Bonchev–Trinajstić information content (AvgIpc) is 2.82. The van der Waals surface area contributed by atoms with Gasteiger partial charge in [-0.1, -0.05) is 29.0 Å². The molecule has 2 aromatic rings. The molecule has 4 nitrogen and oxygen atoms in total. The van der Waals surface area contributed by atoms with E-state index < -0.39 is 0 Å². The number of thiazole rings is 1. The van der Waals surface area contributed by atoms with Gasteiger partial charge in [-0.05, 0) is 26.0 Å². The van der Waals surface area contributed by atoms with Gasteiger partial charge in [0.05, 0.1) is 10.6 Å². The molecule has 0 fully saturated rings. The Labute approximate surface area is 138 Å². The molecule has 2 rings (SSSR count). The van der Waals surface area contributed by atoms with E-state index in [1.807, 2.05) is 6.92 Å². The summed E-state index contributed by atoms with van der Waals surface area (Å²) in [5, 5.41) is 3.25. The molecule has 0 radical (unpaired) electrons. The van der Waals surface area contributed by atoms with E-state index in [1.165, 1.54) is 23.8 Å². The molecule has 1 heterocycles. The van der Waals surface area contributed by atoms with Crippen molar-refractivity contribution in [1.82, 2.24) is 4.98 Å². The number of anilines is 1. The Morgan fingerprint density at radius 2 is 1.91 bits per heavy atom. The van der Waals surface area contributed by atoms with Gasteiger partial charge >= 0.3 is 0 Å². The Bertz CT molecular complexity index is 678. The molecule has 6 heteroatoms. The standard InChI is InChI=1S/C16H18N2O2S2/c1-10-4-6-13(7-5-10)21-9-8-14(20)18-16-17-11(2)15(22-16)12(3)19/h4-7H,8-9H2,1-3H3,(H,17,18,20). The molecule has 0 bridgehead atoms. The molecule has 1 N–H and O–H groups in total. The minimum absolute atomic E-state index is 0.0228. The van der Waals surface area contributed by atoms with Crippen molar-refractivity contribution in [2.24, 2.45) is 0 Å². The second-order valence-corrected chi connectivity index (χ2v) is 7.12. The number of hydrogen-bond acceptors (Lipinski definition) is 5. The van der Waals surface area contributed by atoms with Crippen LogP contribution in [0.4, 0.5) is 5.13 Å². The molecule has 1 amide bonds. The van der Waals surface area contributed by atoms with Crippen LogP contribution in [0.15, 0.2) is 29.2 Å². The first-order valence-corrected chi connectivity index (χ1v) is 8.73. The number of nitrogens with one attached hydrogen (secondary N) is 1. The zero-order valence-corrected chi connectivity index (χ0v) is 14.4. The Hall–Kier alpha value is -1.66. The molecule has 0 saturated heterocycles. The molecular formula is C16H18N2O2S2. The fraction of sp³-hybridized carbons (Fsp3) is 0.312. The number of carbonyl (C=O) groups is 2. The third-order valence-corrected chi connectivity index (χ3v) is 5.17. The largest absolute Gasteiger partial charge is 0.302 e. The first kappa shape index (κ1) is 16.7. The van der Waals surface area contributed by atoms with Crippen molar-refractivity contribution >= 4 is 39.9 Å². The summed E-state index contributed by atoms with van der Waals surface area (Å²) in [4.78, 5) is 29.2. The normalized spacial score (nSPS) is 10.5. The number of aromatic nitrogens is 1. The number of amides is 1. The SMILES string of the molecule is CC(=O)c1sc(NC(=O)CCSc2ccc(C)cc2)nc1C. The van der Waals surface area contributed by atoms with Gasteiger partial charge in [0, 0.05) is 24.0 Å². The summed E-state index contributed by atoms with van der Waals surface area (Å²) in [7, 11) is 0. The number of thioether (sulfide) groups is 1. The maximum Gasteiger partial charge on any atom is 0.226 e. The summed E-state index contributed by atoms with van der Waals surface area (Å²) < 4.78 is 0. The number of benzene rings is 1. The minimum atomic E-state index is -0.0801.